The van der Waals surface area contributed by atoms with Gasteiger partial charge in [0.25, 0.3) is 0 Å². The average molecular weight is 383 g/mol. The Kier molecular flexibility index (Phi) is 6.52. The number of phosphoric acid groups is 1. The van der Waals surface area contributed by atoms with Crippen LogP contribution in [0.1, 0.15) is 6.23 Å². The van der Waals surface area contributed by atoms with Gasteiger partial charge in [-0.3, -0.25) is 9.09 Å². The molecule has 10 N–H and O–H groups in total. The van der Waals surface area contributed by atoms with Gasteiger partial charge in [-0.2, -0.15) is 0 Å². The van der Waals surface area contributed by atoms with E-state index in [-0.39, 0.29) is 27.9 Å². The third kappa shape index (κ3) is 3.92. The predicted octanol–water partition coefficient (Wildman–Crippen LogP) is -3.51. The number of nitrogen functional groups attached to an aromatic ring is 1. The molecule has 2 aromatic heterocycles. The highest BCUT2D eigenvalue weighted by atomic mass is 31.2. The standard InChI is InChI=1S/C10H14N5O7P.2H2O/c11-8-5-9(13-2-12-8)15(3-14-5)10-6(17)7(4(1-16)21-10)22-23(18,19)20;;/h2-4,6-7,10,16-17H,1H2,(H2,11,12,13)(H2,18,19,20);2*1H2/t4-,6-,7-,10-;;/m1../s1. The SMILES string of the molecule is Nc1ncnc2c1ncn2[C@@H]1O[C@H](CO)[C@@H](OP(=O)(O)O)[C@H]1O.O.O. The van der Waals surface area contributed by atoms with Crippen LogP contribution in [0, 0.1) is 0 Å². The summed E-state index contributed by atoms with van der Waals surface area (Å²) in [6.07, 6.45) is -2.68. The van der Waals surface area contributed by atoms with E-state index in [1.54, 1.807) is 0 Å². The van der Waals surface area contributed by atoms with Gasteiger partial charge in [-0.25, -0.2) is 19.5 Å². The Morgan fingerprint density at radius 3 is 2.60 bits per heavy atom. The zero-order chi connectivity index (χ0) is 16.8. The Bertz CT molecular complexity index is 766. The molecule has 15 heteroatoms. The van der Waals surface area contributed by atoms with Crippen molar-refractivity contribution < 1.29 is 44.8 Å². The minimum Gasteiger partial charge on any atom is -0.412 e. The van der Waals surface area contributed by atoms with Crippen molar-refractivity contribution in [2.75, 3.05) is 12.3 Å². The highest BCUT2D eigenvalue weighted by molar-refractivity contribution is 7.46. The molecule has 0 amide bonds. The van der Waals surface area contributed by atoms with Crippen LogP contribution in [0.5, 0.6) is 0 Å². The first-order valence-corrected chi connectivity index (χ1v) is 7.96. The maximum Gasteiger partial charge on any atom is 0.470 e. The molecule has 0 unspecified atom stereocenters. The molecular formula is C10H18N5O9P. The number of aliphatic hydroxyl groups is 2. The van der Waals surface area contributed by atoms with Crippen molar-refractivity contribution in [3.63, 3.8) is 0 Å². The van der Waals surface area contributed by atoms with E-state index >= 15 is 0 Å². The van der Waals surface area contributed by atoms with Crippen LogP contribution >= 0.6 is 7.82 Å². The molecule has 0 aromatic carbocycles. The largest absolute Gasteiger partial charge is 0.470 e. The molecule has 0 aliphatic carbocycles. The Hall–Kier alpha value is -1.74. The smallest absolute Gasteiger partial charge is 0.412 e. The van der Waals surface area contributed by atoms with Crippen LogP contribution in [-0.2, 0) is 13.8 Å². The molecule has 25 heavy (non-hydrogen) atoms. The molecule has 0 bridgehead atoms. The fraction of sp³-hybridized carbons (Fsp3) is 0.500. The third-order valence-electron chi connectivity index (χ3n) is 3.41. The highest BCUT2D eigenvalue weighted by Crippen LogP contribution is 2.44. The number of nitrogens with zero attached hydrogens (tertiary/aromatic N) is 4. The lowest BCUT2D eigenvalue weighted by atomic mass is 10.1. The number of nitrogens with two attached hydrogens (primary N) is 1. The molecule has 0 spiro atoms. The van der Waals surface area contributed by atoms with Crippen LogP contribution in [0.4, 0.5) is 5.82 Å². The van der Waals surface area contributed by atoms with Crippen LogP contribution < -0.4 is 5.73 Å². The number of aliphatic hydroxyl groups excluding tert-OH is 2. The molecule has 142 valence electrons. The van der Waals surface area contributed by atoms with Gasteiger partial charge in [0, 0.05) is 0 Å². The highest BCUT2D eigenvalue weighted by Gasteiger charge is 2.48. The molecule has 1 saturated heterocycles. The maximum absolute atomic E-state index is 11.0. The number of hydrogen-bond acceptors (Lipinski definition) is 9. The lowest BCUT2D eigenvalue weighted by molar-refractivity contribution is -0.0509. The van der Waals surface area contributed by atoms with E-state index in [0.29, 0.717) is 0 Å². The fourth-order valence-corrected chi connectivity index (χ4v) is 3.02. The van der Waals surface area contributed by atoms with E-state index in [4.69, 9.17) is 20.3 Å². The van der Waals surface area contributed by atoms with Crippen LogP contribution in [0.2, 0.25) is 0 Å². The molecule has 3 heterocycles. The van der Waals surface area contributed by atoms with Crippen LogP contribution in [0.15, 0.2) is 12.7 Å². The summed E-state index contributed by atoms with van der Waals surface area (Å²) in [4.78, 5) is 29.6. The zero-order valence-electron chi connectivity index (χ0n) is 12.5. The summed E-state index contributed by atoms with van der Waals surface area (Å²) < 4.78 is 22.3. The molecule has 1 aliphatic heterocycles. The average Bonchev–Trinajstić information content (AvgIpc) is 3.01. The molecule has 0 saturated carbocycles. The van der Waals surface area contributed by atoms with Crippen LogP contribution in [0.25, 0.3) is 11.2 Å². The summed E-state index contributed by atoms with van der Waals surface area (Å²) in [6, 6.07) is 0. The third-order valence-corrected chi connectivity index (χ3v) is 3.93. The summed E-state index contributed by atoms with van der Waals surface area (Å²) in [7, 11) is -4.88. The molecular weight excluding hydrogens is 365 g/mol. The van der Waals surface area contributed by atoms with Gasteiger partial charge < -0.3 is 41.4 Å². The lowest BCUT2D eigenvalue weighted by Gasteiger charge is -2.19. The molecule has 14 nitrogen and oxygen atoms in total. The van der Waals surface area contributed by atoms with Gasteiger partial charge in [0.1, 0.15) is 30.2 Å². The molecule has 0 radical (unpaired) electrons. The second-order valence-electron chi connectivity index (χ2n) is 4.88. The molecule has 2 aromatic rings. The van der Waals surface area contributed by atoms with E-state index < -0.39 is 39.0 Å². The van der Waals surface area contributed by atoms with E-state index in [9.17, 15) is 14.8 Å². The Morgan fingerprint density at radius 2 is 2.00 bits per heavy atom. The zero-order valence-corrected chi connectivity index (χ0v) is 13.4. The first-order chi connectivity index (χ1) is 10.8. The first-order valence-electron chi connectivity index (χ1n) is 6.43. The minimum absolute atomic E-state index is 0. The summed E-state index contributed by atoms with van der Waals surface area (Å²) in [5.41, 5.74) is 6.21. The second kappa shape index (κ2) is 7.65. The van der Waals surface area contributed by atoms with Crippen molar-refractivity contribution in [3.05, 3.63) is 12.7 Å². The monoisotopic (exact) mass is 383 g/mol. The van der Waals surface area contributed by atoms with Crippen molar-refractivity contribution in [1.82, 2.24) is 19.5 Å². The van der Waals surface area contributed by atoms with Crippen LogP contribution in [0.3, 0.4) is 0 Å². The van der Waals surface area contributed by atoms with Crippen LogP contribution in [-0.4, -0.2) is 75.4 Å². The number of phosphoric ester groups is 1. The molecule has 4 atom stereocenters. The quantitative estimate of drug-likeness (QED) is 0.324. The van der Waals surface area contributed by atoms with Gasteiger partial charge in [0.15, 0.2) is 17.7 Å². The van der Waals surface area contributed by atoms with E-state index in [0.717, 1.165) is 0 Å². The number of anilines is 1. The van der Waals surface area contributed by atoms with Gasteiger partial charge in [0.2, 0.25) is 0 Å². The Labute approximate surface area is 139 Å². The van der Waals surface area contributed by atoms with Crippen molar-refractivity contribution >= 4 is 24.8 Å². The number of hydrogen-bond donors (Lipinski definition) is 5. The van der Waals surface area contributed by atoms with Crippen molar-refractivity contribution in [2.24, 2.45) is 0 Å². The second-order valence-corrected chi connectivity index (χ2v) is 6.07. The number of imidazole rings is 1. The molecule has 3 rings (SSSR count). The summed E-state index contributed by atoms with van der Waals surface area (Å²) in [5, 5.41) is 19.6. The van der Waals surface area contributed by atoms with E-state index in [1.165, 1.54) is 17.2 Å². The normalized spacial score (nSPS) is 26.2. The van der Waals surface area contributed by atoms with Gasteiger partial charge >= 0.3 is 7.82 Å². The van der Waals surface area contributed by atoms with Crippen molar-refractivity contribution in [1.29, 1.82) is 0 Å². The van der Waals surface area contributed by atoms with Crippen molar-refractivity contribution in [3.8, 4) is 0 Å². The maximum atomic E-state index is 11.0. The van der Waals surface area contributed by atoms with Crippen molar-refractivity contribution in [2.45, 2.75) is 24.5 Å². The van der Waals surface area contributed by atoms with Gasteiger partial charge in [0.05, 0.1) is 12.9 Å². The van der Waals surface area contributed by atoms with Gasteiger partial charge in [-0.05, 0) is 0 Å². The lowest BCUT2D eigenvalue weighted by Crippen LogP contribution is -2.35. The number of rotatable bonds is 4. The summed E-state index contributed by atoms with van der Waals surface area (Å²) in [5.74, 6) is 0.128. The fourth-order valence-electron chi connectivity index (χ4n) is 2.44. The number of ether oxygens (including phenoxy) is 1. The number of aromatic nitrogens is 4. The minimum atomic E-state index is -4.88. The summed E-state index contributed by atoms with van der Waals surface area (Å²) in [6.45, 7) is -0.609. The first kappa shape index (κ1) is 21.3. The van der Waals surface area contributed by atoms with E-state index in [1.807, 2.05) is 0 Å². The summed E-state index contributed by atoms with van der Waals surface area (Å²) >= 11 is 0. The Balaban J connectivity index is 0.00000156. The van der Waals surface area contributed by atoms with Gasteiger partial charge in [-0.15, -0.1) is 0 Å². The number of fused-ring (bicyclic) bond motifs is 1. The molecule has 1 aliphatic rings. The van der Waals surface area contributed by atoms with E-state index in [2.05, 4.69) is 19.5 Å². The van der Waals surface area contributed by atoms with Gasteiger partial charge in [-0.1, -0.05) is 0 Å². The Morgan fingerprint density at radius 1 is 1.32 bits per heavy atom. The topological polar surface area (TPSA) is 249 Å². The predicted molar refractivity (Wildman–Crippen MR) is 80.9 cm³/mol. The molecule has 1 fully saturated rings.